The van der Waals surface area contributed by atoms with Crippen molar-refractivity contribution in [2.75, 3.05) is 4.90 Å². The Morgan fingerprint density at radius 3 is 2.39 bits per heavy atom. The number of anilines is 1. The summed E-state index contributed by atoms with van der Waals surface area (Å²) in [7, 11) is 0. The molecule has 1 spiro atoms. The molecule has 1 N–H and O–H groups in total. The molecule has 0 aromatic heterocycles. The third-order valence-electron chi connectivity index (χ3n) is 9.84. The number of nitrogens with zero attached hydrogens (tertiary/aromatic N) is 1. The Morgan fingerprint density at radius 2 is 1.72 bits per heavy atom. The number of rotatable bonds is 3. The van der Waals surface area contributed by atoms with Gasteiger partial charge in [-0.2, -0.15) is 0 Å². The molecular weight excluding hydrogens is 450 g/mol. The van der Waals surface area contributed by atoms with Gasteiger partial charge in [-0.25, -0.2) is 4.79 Å². The second-order valence-corrected chi connectivity index (χ2v) is 12.3. The monoisotopic (exact) mass is 489 g/mol. The smallest absolute Gasteiger partial charge is 0.416 e. The molecule has 1 heterocycles. The van der Waals surface area contributed by atoms with Gasteiger partial charge in [-0.05, 0) is 47.8 Å². The number of carbonyl (C=O) groups is 2. The van der Waals surface area contributed by atoms with Crippen LogP contribution in [0.25, 0.3) is 0 Å². The number of para-hydroxylation sites is 1. The van der Waals surface area contributed by atoms with Crippen LogP contribution in [0, 0.1) is 17.3 Å². The average Bonchev–Trinajstić information content (AvgIpc) is 3.25. The summed E-state index contributed by atoms with van der Waals surface area (Å²) in [6, 6.07) is 18.1. The number of hydrogen-bond donors (Lipinski definition) is 1. The van der Waals surface area contributed by atoms with Gasteiger partial charge in [-0.1, -0.05) is 89.6 Å². The van der Waals surface area contributed by atoms with E-state index in [1.54, 1.807) is 0 Å². The zero-order valence-electron chi connectivity index (χ0n) is 22.2. The van der Waals surface area contributed by atoms with E-state index >= 15 is 0 Å². The SMILES string of the molecule is C[C@@H]1CC[C@@H](C(C)(C)c2ccccc2)[C@H](OC(=O)N2c3ccccc3[C@]3(CCC(=O)C3(C)C)[C@H]2O)C1. The number of carbonyl (C=O) groups excluding carboxylic acids is 2. The van der Waals surface area contributed by atoms with Crippen LogP contribution in [0.1, 0.15) is 77.8 Å². The van der Waals surface area contributed by atoms with Gasteiger partial charge in [0.2, 0.25) is 0 Å². The molecule has 2 saturated carbocycles. The number of ketones is 1. The normalized spacial score (nSPS) is 31.5. The maximum absolute atomic E-state index is 13.9. The zero-order chi connectivity index (χ0) is 25.9. The number of fused-ring (bicyclic) bond motifs is 2. The molecule has 0 radical (unpaired) electrons. The van der Waals surface area contributed by atoms with Crippen molar-refractivity contribution in [3.8, 4) is 0 Å². The molecule has 2 aromatic carbocycles. The maximum Gasteiger partial charge on any atom is 0.416 e. The van der Waals surface area contributed by atoms with Crippen LogP contribution < -0.4 is 4.90 Å². The average molecular weight is 490 g/mol. The highest BCUT2D eigenvalue weighted by molar-refractivity contribution is 5.96. The van der Waals surface area contributed by atoms with Crippen LogP contribution in [0.4, 0.5) is 10.5 Å². The molecule has 2 aliphatic carbocycles. The van der Waals surface area contributed by atoms with Crippen LogP contribution >= 0.6 is 0 Å². The van der Waals surface area contributed by atoms with E-state index in [9.17, 15) is 14.7 Å². The zero-order valence-corrected chi connectivity index (χ0v) is 22.2. The molecule has 192 valence electrons. The van der Waals surface area contributed by atoms with Gasteiger partial charge < -0.3 is 9.84 Å². The van der Waals surface area contributed by atoms with E-state index in [4.69, 9.17) is 4.74 Å². The van der Waals surface area contributed by atoms with Crippen molar-refractivity contribution < 1.29 is 19.4 Å². The van der Waals surface area contributed by atoms with Gasteiger partial charge in [0.05, 0.1) is 11.1 Å². The van der Waals surface area contributed by atoms with Gasteiger partial charge in [0.15, 0.2) is 0 Å². The molecule has 1 aliphatic heterocycles. The number of Topliss-reactive ketones (excluding diaryl/α,β-unsaturated/α-hetero) is 1. The first-order valence-electron chi connectivity index (χ1n) is 13.4. The fourth-order valence-electron chi connectivity index (χ4n) is 7.41. The molecule has 3 aliphatic rings. The predicted octanol–water partition coefficient (Wildman–Crippen LogP) is 6.37. The topological polar surface area (TPSA) is 66.8 Å². The molecule has 0 saturated heterocycles. The first-order chi connectivity index (χ1) is 17.0. The van der Waals surface area contributed by atoms with E-state index in [1.165, 1.54) is 10.5 Å². The summed E-state index contributed by atoms with van der Waals surface area (Å²) < 4.78 is 6.33. The molecule has 5 atom stereocenters. The lowest BCUT2D eigenvalue weighted by atomic mass is 9.63. The van der Waals surface area contributed by atoms with Crippen LogP contribution in [0.15, 0.2) is 54.6 Å². The second kappa shape index (κ2) is 8.72. The van der Waals surface area contributed by atoms with Gasteiger partial charge >= 0.3 is 6.09 Å². The van der Waals surface area contributed by atoms with Crippen molar-refractivity contribution in [3.63, 3.8) is 0 Å². The van der Waals surface area contributed by atoms with E-state index in [2.05, 4.69) is 45.0 Å². The molecule has 5 rings (SSSR count). The molecule has 0 bridgehead atoms. The number of aliphatic hydroxyl groups excluding tert-OH is 1. The van der Waals surface area contributed by atoms with E-state index in [-0.39, 0.29) is 23.2 Å². The number of amides is 1. The number of ether oxygens (including phenoxy) is 1. The Balaban J connectivity index is 1.48. The van der Waals surface area contributed by atoms with Crippen molar-refractivity contribution in [1.29, 1.82) is 0 Å². The Morgan fingerprint density at radius 1 is 1.06 bits per heavy atom. The van der Waals surface area contributed by atoms with Crippen molar-refractivity contribution in [2.24, 2.45) is 17.3 Å². The Hall–Kier alpha value is -2.66. The second-order valence-electron chi connectivity index (χ2n) is 12.3. The molecule has 2 fully saturated rings. The van der Waals surface area contributed by atoms with E-state index < -0.39 is 23.2 Å². The summed E-state index contributed by atoms with van der Waals surface area (Å²) in [6.45, 7) is 10.5. The Bertz CT molecular complexity index is 1160. The van der Waals surface area contributed by atoms with Gasteiger partial charge in [0.25, 0.3) is 0 Å². The van der Waals surface area contributed by atoms with E-state index in [1.807, 2.05) is 44.2 Å². The fraction of sp³-hybridized carbons (Fsp3) is 0.548. The van der Waals surface area contributed by atoms with Crippen LogP contribution in [-0.2, 0) is 20.4 Å². The molecule has 5 heteroatoms. The van der Waals surface area contributed by atoms with Gasteiger partial charge in [0.1, 0.15) is 18.1 Å². The minimum atomic E-state index is -1.15. The van der Waals surface area contributed by atoms with Crippen LogP contribution in [0.2, 0.25) is 0 Å². The lowest BCUT2D eigenvalue weighted by molar-refractivity contribution is -0.127. The maximum atomic E-state index is 13.9. The summed E-state index contributed by atoms with van der Waals surface area (Å²) in [5.74, 6) is 0.741. The lowest BCUT2D eigenvalue weighted by Crippen LogP contribution is -2.54. The Kier molecular flexibility index (Phi) is 6.06. The van der Waals surface area contributed by atoms with Crippen molar-refractivity contribution in [2.45, 2.75) is 89.9 Å². The van der Waals surface area contributed by atoms with E-state index in [0.717, 1.165) is 24.8 Å². The van der Waals surface area contributed by atoms with E-state index in [0.29, 0.717) is 24.4 Å². The molecule has 1 amide bonds. The molecular formula is C31H39NO4. The number of benzene rings is 2. The third kappa shape index (κ3) is 3.53. The van der Waals surface area contributed by atoms with Crippen molar-refractivity contribution in [3.05, 3.63) is 65.7 Å². The molecule has 36 heavy (non-hydrogen) atoms. The highest BCUT2D eigenvalue weighted by Crippen LogP contribution is 2.60. The van der Waals surface area contributed by atoms with Crippen LogP contribution in [0.3, 0.4) is 0 Å². The van der Waals surface area contributed by atoms with Gasteiger partial charge in [-0.15, -0.1) is 0 Å². The summed E-state index contributed by atoms with van der Waals surface area (Å²) in [4.78, 5) is 28.2. The minimum Gasteiger partial charge on any atom is -0.445 e. The summed E-state index contributed by atoms with van der Waals surface area (Å²) in [6.07, 6.45) is 1.87. The molecule has 5 nitrogen and oxygen atoms in total. The summed E-state index contributed by atoms with van der Waals surface area (Å²) in [5.41, 5.74) is 0.970. The first kappa shape index (κ1) is 25.0. The summed E-state index contributed by atoms with van der Waals surface area (Å²) in [5, 5.41) is 11.7. The quantitative estimate of drug-likeness (QED) is 0.544. The highest BCUT2D eigenvalue weighted by Gasteiger charge is 2.65. The third-order valence-corrected chi connectivity index (χ3v) is 9.84. The molecule has 0 unspecified atom stereocenters. The van der Waals surface area contributed by atoms with Gasteiger partial charge in [0, 0.05) is 17.8 Å². The summed E-state index contributed by atoms with van der Waals surface area (Å²) >= 11 is 0. The van der Waals surface area contributed by atoms with Gasteiger partial charge in [-0.3, -0.25) is 9.69 Å². The predicted molar refractivity (Wildman–Crippen MR) is 141 cm³/mol. The first-order valence-corrected chi connectivity index (χ1v) is 13.4. The van der Waals surface area contributed by atoms with Crippen molar-refractivity contribution in [1.82, 2.24) is 0 Å². The Labute approximate surface area is 214 Å². The number of hydrogen-bond acceptors (Lipinski definition) is 4. The van der Waals surface area contributed by atoms with Crippen LogP contribution in [-0.4, -0.2) is 29.3 Å². The highest BCUT2D eigenvalue weighted by atomic mass is 16.6. The minimum absolute atomic E-state index is 0.123. The standard InChI is InChI=1S/C31H39NO4/c1-20-15-16-23(29(2,3)21-11-7-6-8-12-21)25(19-20)36-28(35)32-24-14-10-9-13-22(24)31(27(32)34)18-17-26(33)30(31,4)5/h6-14,20,23,25,27,34H,15-19H2,1-5H3/t20-,23-,25-,27-,31-/m1/s1. The number of aliphatic hydroxyl groups is 1. The van der Waals surface area contributed by atoms with Crippen LogP contribution in [0.5, 0.6) is 0 Å². The van der Waals surface area contributed by atoms with Crippen molar-refractivity contribution >= 4 is 17.6 Å². The lowest BCUT2D eigenvalue weighted by Gasteiger charge is -2.45. The largest absolute Gasteiger partial charge is 0.445 e. The fourth-order valence-corrected chi connectivity index (χ4v) is 7.41. The molecule has 2 aromatic rings.